The van der Waals surface area contributed by atoms with Crippen molar-refractivity contribution in [2.45, 2.75) is 12.5 Å². The van der Waals surface area contributed by atoms with Gasteiger partial charge < -0.3 is 19.5 Å². The Morgan fingerprint density at radius 3 is 2.29 bits per heavy atom. The smallest absolute Gasteiger partial charge is 0.338 e. The molecular weight excluding hydrogens is 394 g/mol. The third-order valence-corrected chi connectivity index (χ3v) is 4.93. The van der Waals surface area contributed by atoms with Gasteiger partial charge in [-0.3, -0.25) is 4.79 Å². The second-order valence-corrected chi connectivity index (χ2v) is 7.16. The maximum atomic E-state index is 12.6. The van der Waals surface area contributed by atoms with Gasteiger partial charge >= 0.3 is 5.97 Å². The topological polar surface area (TPSA) is 73.9 Å². The van der Waals surface area contributed by atoms with E-state index in [2.05, 4.69) is 5.32 Å². The summed E-state index contributed by atoms with van der Waals surface area (Å²) in [5.74, 6) is 0.131. The predicted molar refractivity (Wildman–Crippen MR) is 115 cm³/mol. The summed E-state index contributed by atoms with van der Waals surface area (Å²) < 4.78 is 16.2. The molecule has 158 valence electrons. The molecule has 31 heavy (non-hydrogen) atoms. The second-order valence-electron chi connectivity index (χ2n) is 7.16. The van der Waals surface area contributed by atoms with Gasteiger partial charge in [0.25, 0.3) is 5.91 Å². The van der Waals surface area contributed by atoms with Crippen LogP contribution in [0.1, 0.15) is 27.5 Å². The fourth-order valence-electron chi connectivity index (χ4n) is 3.41. The first-order valence-electron chi connectivity index (χ1n) is 10.1. The van der Waals surface area contributed by atoms with Gasteiger partial charge in [0.05, 0.1) is 11.6 Å². The molecule has 1 unspecified atom stereocenters. The Morgan fingerprint density at radius 1 is 0.871 bits per heavy atom. The largest absolute Gasteiger partial charge is 0.486 e. The number of carbonyl (C=O) groups is 2. The monoisotopic (exact) mass is 417 g/mol. The first kappa shape index (κ1) is 20.5. The zero-order valence-corrected chi connectivity index (χ0v) is 17.0. The third-order valence-electron chi connectivity index (χ3n) is 4.93. The van der Waals surface area contributed by atoms with E-state index < -0.39 is 5.97 Å². The number of esters is 1. The minimum atomic E-state index is -0.591. The highest BCUT2D eigenvalue weighted by Gasteiger charge is 2.19. The van der Waals surface area contributed by atoms with Crippen molar-refractivity contribution in [3.63, 3.8) is 0 Å². The quantitative estimate of drug-likeness (QED) is 0.593. The number of hydrogen-bond donors (Lipinski definition) is 1. The molecule has 3 aromatic rings. The van der Waals surface area contributed by atoms with Crippen LogP contribution in [0.4, 0.5) is 0 Å². The van der Waals surface area contributed by atoms with Crippen LogP contribution in [-0.4, -0.2) is 31.7 Å². The lowest BCUT2D eigenvalue weighted by molar-refractivity contribution is -0.125. The number of ether oxygens (including phenoxy) is 3. The lowest BCUT2D eigenvalue weighted by atomic mass is 9.99. The highest BCUT2D eigenvalue weighted by molar-refractivity contribution is 5.92. The first-order chi connectivity index (χ1) is 15.2. The average Bonchev–Trinajstić information content (AvgIpc) is 2.83. The molecule has 0 bridgehead atoms. The molecule has 1 aliphatic rings. The van der Waals surface area contributed by atoms with E-state index in [1.54, 1.807) is 18.2 Å². The Bertz CT molecular complexity index is 1040. The van der Waals surface area contributed by atoms with Gasteiger partial charge in [-0.15, -0.1) is 0 Å². The molecule has 1 N–H and O–H groups in total. The molecule has 0 aliphatic carbocycles. The molecule has 1 atom stereocenters. The van der Waals surface area contributed by atoms with Crippen LogP contribution >= 0.6 is 0 Å². The van der Waals surface area contributed by atoms with Crippen LogP contribution < -0.4 is 14.8 Å². The highest BCUT2D eigenvalue weighted by atomic mass is 16.6. The Hall–Kier alpha value is -3.80. The summed E-state index contributed by atoms with van der Waals surface area (Å²) in [5.41, 5.74) is 2.39. The van der Waals surface area contributed by atoms with Crippen LogP contribution in [0.5, 0.6) is 11.5 Å². The van der Waals surface area contributed by atoms with Crippen molar-refractivity contribution < 1.29 is 23.8 Å². The van der Waals surface area contributed by atoms with Gasteiger partial charge in [0.15, 0.2) is 18.1 Å². The van der Waals surface area contributed by atoms with Crippen LogP contribution in [0, 0.1) is 0 Å². The first-order valence-corrected chi connectivity index (χ1v) is 10.1. The third kappa shape index (κ3) is 5.42. The van der Waals surface area contributed by atoms with Crippen molar-refractivity contribution >= 4 is 11.9 Å². The minimum Gasteiger partial charge on any atom is -0.486 e. The second kappa shape index (κ2) is 9.80. The van der Waals surface area contributed by atoms with Crippen molar-refractivity contribution in [2.24, 2.45) is 0 Å². The van der Waals surface area contributed by atoms with Crippen LogP contribution in [0.3, 0.4) is 0 Å². The average molecular weight is 417 g/mol. The molecule has 0 fully saturated rings. The molecule has 1 heterocycles. The standard InChI is InChI=1S/C25H23NO5/c27-24(17-31-25(28)20-11-12-22-23(16-20)30-14-13-29-22)26-21(19-9-5-2-6-10-19)15-18-7-3-1-4-8-18/h1-12,16,21H,13-15,17H2,(H,26,27). The van der Waals surface area contributed by atoms with Gasteiger partial charge in [0, 0.05) is 0 Å². The summed E-state index contributed by atoms with van der Waals surface area (Å²) in [4.78, 5) is 24.9. The molecule has 3 aromatic carbocycles. The molecule has 6 heteroatoms. The van der Waals surface area contributed by atoms with E-state index in [0.29, 0.717) is 36.7 Å². The van der Waals surface area contributed by atoms with E-state index in [0.717, 1.165) is 11.1 Å². The van der Waals surface area contributed by atoms with Gasteiger partial charge in [-0.1, -0.05) is 60.7 Å². The van der Waals surface area contributed by atoms with E-state index in [-0.39, 0.29) is 18.6 Å². The maximum Gasteiger partial charge on any atom is 0.338 e. The number of nitrogens with one attached hydrogen (secondary N) is 1. The molecule has 0 spiro atoms. The molecule has 1 aliphatic heterocycles. The number of fused-ring (bicyclic) bond motifs is 1. The van der Waals surface area contributed by atoms with Crippen LogP contribution in [0.25, 0.3) is 0 Å². The zero-order valence-electron chi connectivity index (χ0n) is 17.0. The Labute approximate surface area is 180 Å². The lowest BCUT2D eigenvalue weighted by Crippen LogP contribution is -2.33. The summed E-state index contributed by atoms with van der Waals surface area (Å²) in [6.07, 6.45) is 0.632. The highest BCUT2D eigenvalue weighted by Crippen LogP contribution is 2.30. The lowest BCUT2D eigenvalue weighted by Gasteiger charge is -2.20. The number of carbonyl (C=O) groups excluding carboxylic acids is 2. The van der Waals surface area contributed by atoms with E-state index in [9.17, 15) is 9.59 Å². The summed E-state index contributed by atoms with van der Waals surface area (Å²) in [5, 5.41) is 2.98. The van der Waals surface area contributed by atoms with Gasteiger partial charge in [-0.2, -0.15) is 0 Å². The maximum absolute atomic E-state index is 12.6. The fourth-order valence-corrected chi connectivity index (χ4v) is 3.41. The molecule has 0 radical (unpaired) electrons. The molecule has 1 amide bonds. The summed E-state index contributed by atoms with van der Waals surface area (Å²) in [6.45, 7) is 0.532. The molecule has 0 saturated carbocycles. The van der Waals surface area contributed by atoms with Crippen molar-refractivity contribution in [1.82, 2.24) is 5.32 Å². The molecule has 0 saturated heterocycles. The van der Waals surface area contributed by atoms with E-state index >= 15 is 0 Å². The van der Waals surface area contributed by atoms with Gasteiger partial charge in [-0.05, 0) is 35.7 Å². The van der Waals surface area contributed by atoms with E-state index in [1.807, 2.05) is 60.7 Å². The summed E-state index contributed by atoms with van der Waals surface area (Å²) in [6, 6.07) is 24.2. The minimum absolute atomic E-state index is 0.232. The molecule has 0 aromatic heterocycles. The number of benzene rings is 3. The van der Waals surface area contributed by atoms with Crippen molar-refractivity contribution in [1.29, 1.82) is 0 Å². The van der Waals surface area contributed by atoms with E-state index in [4.69, 9.17) is 14.2 Å². The number of rotatable bonds is 7. The van der Waals surface area contributed by atoms with E-state index in [1.165, 1.54) is 0 Å². The molecule has 4 rings (SSSR count). The van der Waals surface area contributed by atoms with Crippen LogP contribution in [0.2, 0.25) is 0 Å². The normalized spacial score (nSPS) is 13.2. The zero-order chi connectivity index (χ0) is 21.5. The Balaban J connectivity index is 1.38. The van der Waals surface area contributed by atoms with Crippen LogP contribution in [0.15, 0.2) is 78.9 Å². The Morgan fingerprint density at radius 2 is 1.55 bits per heavy atom. The number of amides is 1. The summed E-state index contributed by atoms with van der Waals surface area (Å²) >= 11 is 0. The van der Waals surface area contributed by atoms with Crippen molar-refractivity contribution in [3.05, 3.63) is 95.6 Å². The molecular formula is C25H23NO5. The van der Waals surface area contributed by atoms with Gasteiger partial charge in [0.1, 0.15) is 13.2 Å². The predicted octanol–water partition coefficient (Wildman–Crippen LogP) is 3.71. The molecule has 6 nitrogen and oxygen atoms in total. The summed E-state index contributed by atoms with van der Waals surface area (Å²) in [7, 11) is 0. The number of hydrogen-bond acceptors (Lipinski definition) is 5. The Kier molecular flexibility index (Phi) is 6.47. The van der Waals surface area contributed by atoms with Gasteiger partial charge in [0.2, 0.25) is 0 Å². The van der Waals surface area contributed by atoms with Crippen molar-refractivity contribution in [3.8, 4) is 11.5 Å². The van der Waals surface area contributed by atoms with Crippen LogP contribution in [-0.2, 0) is 16.0 Å². The van der Waals surface area contributed by atoms with Crippen molar-refractivity contribution in [2.75, 3.05) is 19.8 Å². The fraction of sp³-hybridized carbons (Fsp3) is 0.200. The SMILES string of the molecule is O=C(COC(=O)c1ccc2c(c1)OCCO2)NC(Cc1ccccc1)c1ccccc1. The van der Waals surface area contributed by atoms with Gasteiger partial charge in [-0.25, -0.2) is 4.79 Å².